The van der Waals surface area contributed by atoms with Crippen molar-refractivity contribution in [1.29, 1.82) is 0 Å². The molecule has 0 aliphatic carbocycles. The fraction of sp³-hybridized carbons (Fsp3) is 0.304. The maximum Gasteiger partial charge on any atom is 0.276 e. The fourth-order valence-corrected chi connectivity index (χ4v) is 3.17. The Balaban J connectivity index is 1.55. The van der Waals surface area contributed by atoms with Crippen LogP contribution in [-0.2, 0) is 19.2 Å². The number of benzene rings is 2. The zero-order chi connectivity index (χ0) is 25.8. The molecule has 10 nitrogen and oxygen atoms in total. The van der Waals surface area contributed by atoms with Crippen molar-refractivity contribution in [3.63, 3.8) is 0 Å². The number of halogens is 2. The van der Waals surface area contributed by atoms with E-state index in [1.165, 1.54) is 0 Å². The first-order valence-corrected chi connectivity index (χ1v) is 11.3. The molecule has 0 fully saturated rings. The molecular weight excluding hydrogens is 499 g/mol. The van der Waals surface area contributed by atoms with Crippen LogP contribution in [0.2, 0.25) is 10.0 Å². The van der Waals surface area contributed by atoms with Crippen molar-refractivity contribution in [3.05, 3.63) is 57.6 Å². The van der Waals surface area contributed by atoms with Gasteiger partial charge in [-0.1, -0.05) is 23.2 Å². The second kappa shape index (κ2) is 14.0. The Labute approximate surface area is 212 Å². The first kappa shape index (κ1) is 27.7. The van der Waals surface area contributed by atoms with Crippen molar-refractivity contribution in [2.45, 2.75) is 33.1 Å². The summed E-state index contributed by atoms with van der Waals surface area (Å²) in [5.41, 5.74) is 10.5. The Kier molecular flexibility index (Phi) is 11.1. The lowest BCUT2D eigenvalue weighted by Crippen LogP contribution is -2.44. The van der Waals surface area contributed by atoms with Crippen LogP contribution in [0.15, 0.2) is 36.4 Å². The van der Waals surface area contributed by atoms with Gasteiger partial charge in [0, 0.05) is 22.9 Å². The molecule has 2 aromatic carbocycles. The van der Waals surface area contributed by atoms with E-state index in [9.17, 15) is 19.2 Å². The van der Waals surface area contributed by atoms with Gasteiger partial charge in [-0.3, -0.25) is 40.9 Å². The van der Waals surface area contributed by atoms with Crippen molar-refractivity contribution in [2.75, 3.05) is 13.2 Å². The number of carbonyl (C=O) groups is 4. The standard InChI is InChI=1S/C23H26Cl2N4O6/c1-14-10-16(24)6-8-18(14)34-12-22(32)28-26-20(30)4-3-5-21(31)27-29-23(33)13-35-19-9-7-17(25)11-15(19)2/h6-11H,3-5,12-13H2,1-2H3,(H,26,30)(H,27,31)(H,28,32)(H,29,33). The van der Waals surface area contributed by atoms with Crippen LogP contribution >= 0.6 is 23.2 Å². The van der Waals surface area contributed by atoms with E-state index in [1.807, 2.05) is 0 Å². The van der Waals surface area contributed by atoms with Gasteiger partial charge in [-0.15, -0.1) is 0 Å². The van der Waals surface area contributed by atoms with Gasteiger partial charge in [0.15, 0.2) is 13.2 Å². The van der Waals surface area contributed by atoms with Crippen LogP contribution in [0.3, 0.4) is 0 Å². The van der Waals surface area contributed by atoms with Gasteiger partial charge in [-0.05, 0) is 67.8 Å². The van der Waals surface area contributed by atoms with E-state index in [4.69, 9.17) is 32.7 Å². The van der Waals surface area contributed by atoms with Crippen LogP contribution in [0.1, 0.15) is 30.4 Å². The summed E-state index contributed by atoms with van der Waals surface area (Å²) >= 11 is 11.7. The summed E-state index contributed by atoms with van der Waals surface area (Å²) in [6.45, 7) is 2.98. The molecule has 0 saturated carbocycles. The van der Waals surface area contributed by atoms with Crippen LogP contribution in [0.25, 0.3) is 0 Å². The zero-order valence-corrected chi connectivity index (χ0v) is 20.7. The van der Waals surface area contributed by atoms with Crippen molar-refractivity contribution in [1.82, 2.24) is 21.7 Å². The third-order valence-corrected chi connectivity index (χ3v) is 4.95. The number of carbonyl (C=O) groups excluding carboxylic acids is 4. The Bertz CT molecular complexity index is 996. The Morgan fingerprint density at radius 2 is 1.03 bits per heavy atom. The number of hydrazine groups is 2. The highest BCUT2D eigenvalue weighted by atomic mass is 35.5. The monoisotopic (exact) mass is 524 g/mol. The quantitative estimate of drug-likeness (QED) is 0.352. The molecule has 0 heterocycles. The van der Waals surface area contributed by atoms with Crippen molar-refractivity contribution in [3.8, 4) is 11.5 Å². The molecule has 0 aliphatic rings. The maximum absolute atomic E-state index is 11.8. The van der Waals surface area contributed by atoms with Gasteiger partial charge in [0.1, 0.15) is 11.5 Å². The first-order valence-electron chi connectivity index (χ1n) is 10.6. The molecule has 12 heteroatoms. The summed E-state index contributed by atoms with van der Waals surface area (Å²) < 4.78 is 10.7. The topological polar surface area (TPSA) is 135 Å². The molecule has 0 unspecified atom stereocenters. The number of rotatable bonds is 10. The Hall–Kier alpha value is -3.50. The van der Waals surface area contributed by atoms with Gasteiger partial charge in [-0.25, -0.2) is 0 Å². The molecule has 35 heavy (non-hydrogen) atoms. The van der Waals surface area contributed by atoms with E-state index in [0.29, 0.717) is 21.5 Å². The molecule has 0 bridgehead atoms. The van der Waals surface area contributed by atoms with Gasteiger partial charge < -0.3 is 9.47 Å². The molecule has 2 aromatic rings. The number of hydrogen-bond acceptors (Lipinski definition) is 6. The Morgan fingerprint density at radius 1 is 0.657 bits per heavy atom. The highest BCUT2D eigenvalue weighted by Crippen LogP contribution is 2.22. The minimum atomic E-state index is -0.552. The normalized spacial score (nSPS) is 10.2. The van der Waals surface area contributed by atoms with Crippen molar-refractivity contribution >= 4 is 46.8 Å². The van der Waals surface area contributed by atoms with Gasteiger partial charge in [0.05, 0.1) is 0 Å². The number of amides is 4. The first-order chi connectivity index (χ1) is 16.6. The van der Waals surface area contributed by atoms with Gasteiger partial charge in [0.25, 0.3) is 11.8 Å². The predicted molar refractivity (Wildman–Crippen MR) is 130 cm³/mol. The average Bonchev–Trinajstić information content (AvgIpc) is 2.80. The van der Waals surface area contributed by atoms with E-state index in [2.05, 4.69) is 21.7 Å². The van der Waals surface area contributed by atoms with Crippen LogP contribution in [0.5, 0.6) is 11.5 Å². The van der Waals surface area contributed by atoms with E-state index < -0.39 is 23.6 Å². The third-order valence-electron chi connectivity index (χ3n) is 4.48. The van der Waals surface area contributed by atoms with E-state index in [-0.39, 0.29) is 32.5 Å². The smallest absolute Gasteiger partial charge is 0.276 e. The average molecular weight is 525 g/mol. The molecule has 0 aromatic heterocycles. The van der Waals surface area contributed by atoms with E-state index in [1.54, 1.807) is 50.2 Å². The largest absolute Gasteiger partial charge is 0.483 e. The van der Waals surface area contributed by atoms with Crippen molar-refractivity contribution in [2.24, 2.45) is 0 Å². The van der Waals surface area contributed by atoms with Crippen molar-refractivity contribution < 1.29 is 28.7 Å². The molecule has 0 radical (unpaired) electrons. The highest BCUT2D eigenvalue weighted by molar-refractivity contribution is 6.31. The fourth-order valence-electron chi connectivity index (χ4n) is 2.72. The number of aryl methyl sites for hydroxylation is 2. The second-order valence-electron chi connectivity index (χ2n) is 7.44. The van der Waals surface area contributed by atoms with E-state index in [0.717, 1.165) is 11.1 Å². The summed E-state index contributed by atoms with van der Waals surface area (Å²) in [6, 6.07) is 9.97. The minimum absolute atomic E-state index is 0.0161. The Morgan fingerprint density at radius 3 is 1.40 bits per heavy atom. The second-order valence-corrected chi connectivity index (χ2v) is 8.32. The highest BCUT2D eigenvalue weighted by Gasteiger charge is 2.10. The molecule has 0 aliphatic heterocycles. The van der Waals surface area contributed by atoms with E-state index >= 15 is 0 Å². The summed E-state index contributed by atoms with van der Waals surface area (Å²) in [5.74, 6) is -1.07. The summed E-state index contributed by atoms with van der Waals surface area (Å²) in [5, 5.41) is 1.11. The number of ether oxygens (including phenoxy) is 2. The molecular formula is C23H26Cl2N4O6. The van der Waals surface area contributed by atoms with Crippen LogP contribution in [0, 0.1) is 13.8 Å². The third kappa shape index (κ3) is 10.5. The maximum atomic E-state index is 11.8. The molecule has 0 atom stereocenters. The molecule has 0 spiro atoms. The summed E-state index contributed by atoms with van der Waals surface area (Å²) in [4.78, 5) is 47.3. The van der Waals surface area contributed by atoms with Gasteiger partial charge in [-0.2, -0.15) is 0 Å². The molecule has 4 N–H and O–H groups in total. The van der Waals surface area contributed by atoms with Crippen LogP contribution in [0.4, 0.5) is 0 Å². The lowest BCUT2D eigenvalue weighted by atomic mass is 10.2. The molecule has 4 amide bonds. The lowest BCUT2D eigenvalue weighted by molar-refractivity contribution is -0.131. The number of nitrogens with one attached hydrogen (secondary N) is 4. The SMILES string of the molecule is Cc1cc(Cl)ccc1OCC(=O)NNC(=O)CCCC(=O)NNC(=O)COc1ccc(Cl)cc1C. The van der Waals surface area contributed by atoms with Gasteiger partial charge >= 0.3 is 0 Å². The number of hydrogen-bond donors (Lipinski definition) is 4. The molecule has 2 rings (SSSR count). The molecule has 0 saturated heterocycles. The van der Waals surface area contributed by atoms with Crippen LogP contribution < -0.4 is 31.2 Å². The molecule has 188 valence electrons. The zero-order valence-electron chi connectivity index (χ0n) is 19.2. The van der Waals surface area contributed by atoms with Gasteiger partial charge in [0.2, 0.25) is 11.8 Å². The van der Waals surface area contributed by atoms with Crippen LogP contribution in [-0.4, -0.2) is 36.8 Å². The minimum Gasteiger partial charge on any atom is -0.483 e. The summed E-state index contributed by atoms with van der Waals surface area (Å²) in [7, 11) is 0. The lowest BCUT2D eigenvalue weighted by Gasteiger charge is -2.11. The summed E-state index contributed by atoms with van der Waals surface area (Å²) in [6.07, 6.45) is 0.167. The predicted octanol–water partition coefficient (Wildman–Crippen LogP) is 2.53.